The van der Waals surface area contributed by atoms with Gasteiger partial charge in [-0.1, -0.05) is 29.8 Å². The van der Waals surface area contributed by atoms with Crippen LogP contribution >= 0.6 is 0 Å². The van der Waals surface area contributed by atoms with E-state index in [-0.39, 0.29) is 30.9 Å². The molecule has 2 aromatic carbocycles. The zero-order chi connectivity index (χ0) is 20.4. The van der Waals surface area contributed by atoms with Crippen LogP contribution in [0.3, 0.4) is 0 Å². The zero-order valence-corrected chi connectivity index (χ0v) is 16.2. The number of nitrogens with one attached hydrogen (secondary N) is 2. The Hall–Kier alpha value is -3.68. The number of carbonyl (C=O) groups excluding carboxylic acids is 2. The molecular weight excluding hydrogens is 370 g/mol. The Labute approximate surface area is 167 Å². The summed E-state index contributed by atoms with van der Waals surface area (Å²) in [6.45, 7) is 3.87. The summed E-state index contributed by atoms with van der Waals surface area (Å²) in [5.41, 5.74) is 3.84. The first-order chi connectivity index (χ1) is 14.0. The van der Waals surface area contributed by atoms with E-state index in [4.69, 9.17) is 4.74 Å². The lowest BCUT2D eigenvalue weighted by Gasteiger charge is -2.23. The van der Waals surface area contributed by atoms with Crippen molar-refractivity contribution in [1.82, 2.24) is 14.8 Å². The Kier molecular flexibility index (Phi) is 4.99. The topological polar surface area (TPSA) is 98.1 Å². The second-order valence-corrected chi connectivity index (χ2v) is 7.02. The number of hydrogen-bond acceptors (Lipinski definition) is 5. The summed E-state index contributed by atoms with van der Waals surface area (Å²) < 4.78 is 7.28. The average molecular weight is 391 g/mol. The second-order valence-electron chi connectivity index (χ2n) is 7.02. The Morgan fingerprint density at radius 2 is 2.03 bits per heavy atom. The maximum absolute atomic E-state index is 12.2. The molecule has 0 saturated carbocycles. The first kappa shape index (κ1) is 18.7. The number of rotatable bonds is 5. The molecule has 0 aliphatic carbocycles. The lowest BCUT2D eigenvalue weighted by atomic mass is 10.0. The maximum atomic E-state index is 12.2. The van der Waals surface area contributed by atoms with E-state index in [0.717, 1.165) is 22.4 Å². The largest absolute Gasteiger partial charge is 0.484 e. The predicted molar refractivity (Wildman–Crippen MR) is 108 cm³/mol. The maximum Gasteiger partial charge on any atom is 0.262 e. The molecule has 1 atom stereocenters. The van der Waals surface area contributed by atoms with Crippen LogP contribution in [0.2, 0.25) is 0 Å². The van der Waals surface area contributed by atoms with Crippen LogP contribution in [0.25, 0.3) is 0 Å². The van der Waals surface area contributed by atoms with E-state index in [1.54, 1.807) is 16.8 Å². The Morgan fingerprint density at radius 3 is 2.79 bits per heavy atom. The van der Waals surface area contributed by atoms with Gasteiger partial charge in [0.2, 0.25) is 11.9 Å². The molecule has 0 bridgehead atoms. The van der Waals surface area contributed by atoms with Gasteiger partial charge in [-0.2, -0.15) is 10.1 Å². The fourth-order valence-corrected chi connectivity index (χ4v) is 3.34. The van der Waals surface area contributed by atoms with Gasteiger partial charge in [0.1, 0.15) is 12.1 Å². The number of amides is 2. The molecule has 1 aromatic heterocycles. The van der Waals surface area contributed by atoms with E-state index >= 15 is 0 Å². The van der Waals surface area contributed by atoms with E-state index in [1.807, 2.05) is 44.2 Å². The van der Waals surface area contributed by atoms with Crippen molar-refractivity contribution >= 4 is 23.5 Å². The van der Waals surface area contributed by atoms with Crippen molar-refractivity contribution < 1.29 is 14.3 Å². The zero-order valence-electron chi connectivity index (χ0n) is 16.2. The van der Waals surface area contributed by atoms with Crippen molar-refractivity contribution in [2.75, 3.05) is 17.2 Å². The van der Waals surface area contributed by atoms with E-state index in [2.05, 4.69) is 20.7 Å². The normalized spacial score (nSPS) is 15.4. The molecule has 2 heterocycles. The fraction of sp³-hybridized carbons (Fsp3) is 0.238. The highest BCUT2D eigenvalue weighted by Gasteiger charge is 2.27. The van der Waals surface area contributed by atoms with Gasteiger partial charge < -0.3 is 10.1 Å². The molecule has 4 rings (SSSR count). The number of aromatic nitrogens is 3. The molecule has 0 fully saturated rings. The van der Waals surface area contributed by atoms with Crippen LogP contribution < -0.4 is 15.4 Å². The van der Waals surface area contributed by atoms with Crippen LogP contribution in [0.15, 0.2) is 48.8 Å². The number of hydrogen-bond donors (Lipinski definition) is 2. The van der Waals surface area contributed by atoms with Crippen molar-refractivity contribution in [1.29, 1.82) is 0 Å². The lowest BCUT2D eigenvalue weighted by molar-refractivity contribution is -0.118. The molecule has 148 valence electrons. The average Bonchev–Trinajstić information content (AvgIpc) is 3.17. The molecule has 3 aromatic rings. The SMILES string of the molecule is Cc1ccc(NC(=O)COc2ccc([C@@H]3CC(=O)Nc4ncnn43)cc2)c(C)c1. The molecule has 0 spiro atoms. The Balaban J connectivity index is 1.38. The van der Waals surface area contributed by atoms with Crippen molar-refractivity contribution in [2.45, 2.75) is 26.3 Å². The van der Waals surface area contributed by atoms with Crippen molar-refractivity contribution in [3.05, 3.63) is 65.5 Å². The molecule has 0 unspecified atom stereocenters. The molecule has 1 aliphatic heterocycles. The lowest BCUT2D eigenvalue weighted by Crippen LogP contribution is -2.29. The number of aryl methyl sites for hydroxylation is 2. The minimum atomic E-state index is -0.225. The van der Waals surface area contributed by atoms with Crippen LogP contribution in [-0.4, -0.2) is 33.2 Å². The predicted octanol–water partition coefficient (Wildman–Crippen LogP) is 2.84. The molecule has 2 N–H and O–H groups in total. The third kappa shape index (κ3) is 4.11. The van der Waals surface area contributed by atoms with E-state index in [9.17, 15) is 9.59 Å². The first-order valence-corrected chi connectivity index (χ1v) is 9.29. The highest BCUT2D eigenvalue weighted by molar-refractivity contribution is 5.92. The highest BCUT2D eigenvalue weighted by Crippen LogP contribution is 2.29. The van der Waals surface area contributed by atoms with Crippen molar-refractivity contribution in [3.8, 4) is 5.75 Å². The fourth-order valence-electron chi connectivity index (χ4n) is 3.34. The molecule has 29 heavy (non-hydrogen) atoms. The third-order valence-corrected chi connectivity index (χ3v) is 4.79. The quantitative estimate of drug-likeness (QED) is 0.697. The van der Waals surface area contributed by atoms with E-state index in [0.29, 0.717) is 11.7 Å². The molecular formula is C21H21N5O3. The summed E-state index contributed by atoms with van der Waals surface area (Å²) in [6, 6.07) is 12.9. The number of fused-ring (bicyclic) bond motifs is 1. The minimum Gasteiger partial charge on any atom is -0.484 e. The third-order valence-electron chi connectivity index (χ3n) is 4.79. The number of carbonyl (C=O) groups is 2. The van der Waals surface area contributed by atoms with Gasteiger partial charge in [0.25, 0.3) is 5.91 Å². The molecule has 8 heteroatoms. The first-order valence-electron chi connectivity index (χ1n) is 9.29. The summed E-state index contributed by atoms with van der Waals surface area (Å²) >= 11 is 0. The smallest absolute Gasteiger partial charge is 0.262 e. The molecule has 2 amide bonds. The van der Waals surface area contributed by atoms with Crippen molar-refractivity contribution in [3.63, 3.8) is 0 Å². The Morgan fingerprint density at radius 1 is 1.24 bits per heavy atom. The van der Waals surface area contributed by atoms with Crippen LogP contribution in [0, 0.1) is 13.8 Å². The number of nitrogens with zero attached hydrogens (tertiary/aromatic N) is 3. The van der Waals surface area contributed by atoms with Crippen LogP contribution in [0.4, 0.5) is 11.6 Å². The van der Waals surface area contributed by atoms with Crippen LogP contribution in [0.1, 0.15) is 29.2 Å². The van der Waals surface area contributed by atoms with Crippen LogP contribution in [0.5, 0.6) is 5.75 Å². The van der Waals surface area contributed by atoms with E-state index in [1.165, 1.54) is 6.33 Å². The van der Waals surface area contributed by atoms with Gasteiger partial charge in [-0.3, -0.25) is 14.9 Å². The Bertz CT molecular complexity index is 1060. The monoisotopic (exact) mass is 391 g/mol. The van der Waals surface area contributed by atoms with Gasteiger partial charge in [0.05, 0.1) is 12.5 Å². The summed E-state index contributed by atoms with van der Waals surface area (Å²) in [5, 5.41) is 9.74. The summed E-state index contributed by atoms with van der Waals surface area (Å²) in [4.78, 5) is 28.1. The standard InChI is InChI=1S/C21H21N5O3/c1-13-3-8-17(14(2)9-13)24-20(28)11-29-16-6-4-15(5-7-16)18-10-19(27)25-21-22-12-23-26(18)21/h3-9,12,18H,10-11H2,1-2H3,(H,24,28)(H,22,23,25,27)/t18-/m0/s1. The van der Waals surface area contributed by atoms with Gasteiger partial charge in [-0.15, -0.1) is 0 Å². The molecule has 1 aliphatic rings. The number of anilines is 2. The van der Waals surface area contributed by atoms with Crippen LogP contribution in [-0.2, 0) is 9.59 Å². The van der Waals surface area contributed by atoms with E-state index < -0.39 is 0 Å². The van der Waals surface area contributed by atoms with Gasteiger partial charge >= 0.3 is 0 Å². The minimum absolute atomic E-state index is 0.0915. The van der Waals surface area contributed by atoms with Gasteiger partial charge in [-0.05, 0) is 43.2 Å². The van der Waals surface area contributed by atoms with Gasteiger partial charge in [0.15, 0.2) is 6.61 Å². The highest BCUT2D eigenvalue weighted by atomic mass is 16.5. The van der Waals surface area contributed by atoms with Gasteiger partial charge in [-0.25, -0.2) is 4.68 Å². The van der Waals surface area contributed by atoms with Gasteiger partial charge in [0, 0.05) is 5.69 Å². The number of benzene rings is 2. The molecule has 0 saturated heterocycles. The second kappa shape index (κ2) is 7.75. The molecule has 0 radical (unpaired) electrons. The summed E-state index contributed by atoms with van der Waals surface area (Å²) in [6.07, 6.45) is 1.70. The summed E-state index contributed by atoms with van der Waals surface area (Å²) in [7, 11) is 0. The number of ether oxygens (including phenoxy) is 1. The molecule has 8 nitrogen and oxygen atoms in total. The van der Waals surface area contributed by atoms with Crippen molar-refractivity contribution in [2.24, 2.45) is 0 Å². The summed E-state index contributed by atoms with van der Waals surface area (Å²) in [5.74, 6) is 0.689.